The maximum atomic E-state index is 12.2. The molecule has 0 aliphatic carbocycles. The van der Waals surface area contributed by atoms with Gasteiger partial charge in [0.15, 0.2) is 0 Å². The molecular weight excluding hydrogens is 242 g/mol. The van der Waals surface area contributed by atoms with Gasteiger partial charge in [-0.05, 0) is 23.8 Å². The number of aliphatic hydroxyl groups excluding tert-OH is 2. The molecule has 0 aliphatic heterocycles. The molecule has 0 heterocycles. The second-order valence-corrected chi connectivity index (χ2v) is 4.53. The number of amides is 1. The van der Waals surface area contributed by atoms with Crippen molar-refractivity contribution in [3.05, 3.63) is 48.0 Å². The SMILES string of the molecule is C[C@@H](O)[C@H](CO)NC(=O)c1cccc2ccccc12. The minimum atomic E-state index is -0.802. The van der Waals surface area contributed by atoms with Gasteiger partial charge in [-0.1, -0.05) is 36.4 Å². The fraction of sp³-hybridized carbons (Fsp3) is 0.267. The Balaban J connectivity index is 2.31. The van der Waals surface area contributed by atoms with E-state index in [-0.39, 0.29) is 12.5 Å². The van der Waals surface area contributed by atoms with Gasteiger partial charge >= 0.3 is 0 Å². The quantitative estimate of drug-likeness (QED) is 0.775. The van der Waals surface area contributed by atoms with Crippen LogP contribution >= 0.6 is 0 Å². The van der Waals surface area contributed by atoms with Gasteiger partial charge in [-0.3, -0.25) is 4.79 Å². The molecule has 1 amide bonds. The third-order valence-corrected chi connectivity index (χ3v) is 3.13. The van der Waals surface area contributed by atoms with Crippen molar-refractivity contribution < 1.29 is 15.0 Å². The summed E-state index contributed by atoms with van der Waals surface area (Å²) in [7, 11) is 0. The maximum Gasteiger partial charge on any atom is 0.252 e. The van der Waals surface area contributed by atoms with Crippen LogP contribution in [0.5, 0.6) is 0 Å². The largest absolute Gasteiger partial charge is 0.394 e. The second-order valence-electron chi connectivity index (χ2n) is 4.53. The zero-order valence-electron chi connectivity index (χ0n) is 10.7. The molecule has 0 saturated carbocycles. The number of aliphatic hydroxyl groups is 2. The van der Waals surface area contributed by atoms with Crippen molar-refractivity contribution in [1.29, 1.82) is 0 Å². The number of carbonyl (C=O) groups is 1. The van der Waals surface area contributed by atoms with Crippen molar-refractivity contribution in [3.63, 3.8) is 0 Å². The summed E-state index contributed by atoms with van der Waals surface area (Å²) in [6, 6.07) is 12.4. The highest BCUT2D eigenvalue weighted by Crippen LogP contribution is 2.18. The lowest BCUT2D eigenvalue weighted by molar-refractivity contribution is 0.0759. The van der Waals surface area contributed by atoms with Crippen molar-refractivity contribution in [1.82, 2.24) is 5.32 Å². The number of carbonyl (C=O) groups excluding carboxylic acids is 1. The van der Waals surface area contributed by atoms with E-state index in [1.165, 1.54) is 6.92 Å². The predicted molar refractivity (Wildman–Crippen MR) is 74.0 cm³/mol. The first-order valence-electron chi connectivity index (χ1n) is 6.21. The lowest BCUT2D eigenvalue weighted by Crippen LogP contribution is -2.44. The summed E-state index contributed by atoms with van der Waals surface area (Å²) in [6.45, 7) is 1.23. The van der Waals surface area contributed by atoms with E-state index in [1.54, 1.807) is 6.07 Å². The summed E-state index contributed by atoms with van der Waals surface area (Å²) in [5, 5.41) is 23.0. The molecule has 0 aromatic heterocycles. The Morgan fingerprint density at radius 3 is 2.58 bits per heavy atom. The Kier molecular flexibility index (Phi) is 4.14. The Morgan fingerprint density at radius 2 is 1.89 bits per heavy atom. The van der Waals surface area contributed by atoms with Crippen LogP contribution in [0.15, 0.2) is 42.5 Å². The normalized spacial score (nSPS) is 14.1. The van der Waals surface area contributed by atoms with Crippen molar-refractivity contribution in [3.8, 4) is 0 Å². The van der Waals surface area contributed by atoms with Crippen LogP contribution < -0.4 is 5.32 Å². The van der Waals surface area contributed by atoms with E-state index in [4.69, 9.17) is 5.11 Å². The number of benzene rings is 2. The molecule has 0 aliphatic rings. The average Bonchev–Trinajstić information content (AvgIpc) is 2.43. The van der Waals surface area contributed by atoms with E-state index in [1.807, 2.05) is 36.4 Å². The molecule has 0 unspecified atom stereocenters. The summed E-state index contributed by atoms with van der Waals surface area (Å²) in [4.78, 5) is 12.2. The summed E-state index contributed by atoms with van der Waals surface area (Å²) in [5.74, 6) is -0.295. The Morgan fingerprint density at radius 1 is 1.21 bits per heavy atom. The molecule has 2 atom stereocenters. The van der Waals surface area contributed by atoms with Gasteiger partial charge in [0.05, 0.1) is 18.8 Å². The molecule has 0 fully saturated rings. The van der Waals surface area contributed by atoms with E-state index in [0.717, 1.165) is 10.8 Å². The van der Waals surface area contributed by atoms with Gasteiger partial charge in [-0.2, -0.15) is 0 Å². The zero-order valence-corrected chi connectivity index (χ0v) is 10.7. The number of fused-ring (bicyclic) bond motifs is 1. The van der Waals surface area contributed by atoms with Gasteiger partial charge in [0.1, 0.15) is 0 Å². The van der Waals surface area contributed by atoms with E-state index in [9.17, 15) is 9.90 Å². The first kappa shape index (κ1) is 13.5. The molecule has 4 nitrogen and oxygen atoms in total. The molecule has 0 spiro atoms. The van der Waals surface area contributed by atoms with Crippen LogP contribution in [0.1, 0.15) is 17.3 Å². The van der Waals surface area contributed by atoms with Crippen LogP contribution in [0.2, 0.25) is 0 Å². The molecule has 3 N–H and O–H groups in total. The summed E-state index contributed by atoms with van der Waals surface area (Å²) < 4.78 is 0. The molecule has 2 aromatic rings. The van der Waals surface area contributed by atoms with Crippen LogP contribution in [0.3, 0.4) is 0 Å². The number of hydrogen-bond acceptors (Lipinski definition) is 3. The van der Waals surface area contributed by atoms with Gasteiger partial charge in [-0.25, -0.2) is 0 Å². The highest BCUT2D eigenvalue weighted by molar-refractivity contribution is 6.07. The fourth-order valence-corrected chi connectivity index (χ4v) is 1.99. The highest BCUT2D eigenvalue weighted by Gasteiger charge is 2.18. The van der Waals surface area contributed by atoms with E-state index < -0.39 is 12.1 Å². The van der Waals surface area contributed by atoms with Crippen LogP contribution in [-0.4, -0.2) is 34.9 Å². The third kappa shape index (κ3) is 2.92. The summed E-state index contributed by atoms with van der Waals surface area (Å²) >= 11 is 0. The van der Waals surface area contributed by atoms with Gasteiger partial charge in [0, 0.05) is 5.56 Å². The maximum absolute atomic E-state index is 12.2. The smallest absolute Gasteiger partial charge is 0.252 e. The van der Waals surface area contributed by atoms with Crippen LogP contribution in [0.25, 0.3) is 10.8 Å². The monoisotopic (exact) mass is 259 g/mol. The van der Waals surface area contributed by atoms with Crippen molar-refractivity contribution in [2.45, 2.75) is 19.1 Å². The van der Waals surface area contributed by atoms with E-state index >= 15 is 0 Å². The number of hydrogen-bond donors (Lipinski definition) is 3. The van der Waals surface area contributed by atoms with Crippen molar-refractivity contribution >= 4 is 16.7 Å². The third-order valence-electron chi connectivity index (χ3n) is 3.13. The number of nitrogens with one attached hydrogen (secondary N) is 1. The summed E-state index contributed by atoms with van der Waals surface area (Å²) in [5.41, 5.74) is 0.539. The molecule has 19 heavy (non-hydrogen) atoms. The second kappa shape index (κ2) is 5.82. The molecule has 2 rings (SSSR count). The molecule has 0 saturated heterocycles. The minimum absolute atomic E-state index is 0.295. The van der Waals surface area contributed by atoms with Crippen LogP contribution in [-0.2, 0) is 0 Å². The topological polar surface area (TPSA) is 69.6 Å². The minimum Gasteiger partial charge on any atom is -0.394 e. The van der Waals surface area contributed by atoms with Crippen molar-refractivity contribution in [2.75, 3.05) is 6.61 Å². The molecular formula is C15H17NO3. The first-order valence-corrected chi connectivity index (χ1v) is 6.21. The van der Waals surface area contributed by atoms with E-state index in [0.29, 0.717) is 5.56 Å². The highest BCUT2D eigenvalue weighted by atomic mass is 16.3. The lowest BCUT2D eigenvalue weighted by Gasteiger charge is -2.19. The van der Waals surface area contributed by atoms with Crippen LogP contribution in [0.4, 0.5) is 0 Å². The Labute approximate surface area is 111 Å². The standard InChI is InChI=1S/C15H17NO3/c1-10(18)14(9-17)16-15(19)13-8-4-6-11-5-2-3-7-12(11)13/h2-8,10,14,17-18H,9H2,1H3,(H,16,19)/t10-,14+/m1/s1. The Bertz CT molecular complexity index is 575. The van der Waals surface area contributed by atoms with Gasteiger partial charge in [0.2, 0.25) is 0 Å². The molecule has 4 heteroatoms. The van der Waals surface area contributed by atoms with Crippen molar-refractivity contribution in [2.24, 2.45) is 0 Å². The number of rotatable bonds is 4. The average molecular weight is 259 g/mol. The summed E-state index contributed by atoms with van der Waals surface area (Å²) in [6.07, 6.45) is -0.802. The predicted octanol–water partition coefficient (Wildman–Crippen LogP) is 1.31. The molecule has 0 radical (unpaired) electrons. The zero-order chi connectivity index (χ0) is 13.8. The molecule has 100 valence electrons. The van der Waals surface area contributed by atoms with Crippen LogP contribution in [0, 0.1) is 0 Å². The van der Waals surface area contributed by atoms with Gasteiger partial charge < -0.3 is 15.5 Å². The fourth-order valence-electron chi connectivity index (χ4n) is 1.99. The Hall–Kier alpha value is -1.91. The molecule has 2 aromatic carbocycles. The lowest BCUT2D eigenvalue weighted by atomic mass is 10.0. The first-order chi connectivity index (χ1) is 9.13. The van der Waals surface area contributed by atoms with Gasteiger partial charge in [0.25, 0.3) is 5.91 Å². The van der Waals surface area contributed by atoms with E-state index in [2.05, 4.69) is 5.32 Å². The molecule has 0 bridgehead atoms. The van der Waals surface area contributed by atoms with Gasteiger partial charge in [-0.15, -0.1) is 0 Å².